The number of hydrogen-bond donors (Lipinski definition) is 1. The highest BCUT2D eigenvalue weighted by molar-refractivity contribution is 7.09. The second-order valence-corrected chi connectivity index (χ2v) is 5.94. The van der Waals surface area contributed by atoms with Crippen molar-refractivity contribution >= 4 is 23.2 Å². The molecule has 0 aliphatic carbocycles. The van der Waals surface area contributed by atoms with Gasteiger partial charge < -0.3 is 15.4 Å². The fraction of sp³-hybridized carbons (Fsp3) is 0.571. The maximum atomic E-state index is 12.1. The third-order valence-electron chi connectivity index (χ3n) is 3.45. The molecule has 1 aromatic rings. The average Bonchev–Trinajstić information content (AvgIpc) is 3.00. The molecular weight excluding hydrogens is 290 g/mol. The van der Waals surface area contributed by atoms with Crippen LogP contribution in [-0.4, -0.2) is 60.5 Å². The van der Waals surface area contributed by atoms with E-state index in [1.807, 2.05) is 6.07 Å². The Morgan fingerprint density at radius 1 is 1.38 bits per heavy atom. The fourth-order valence-corrected chi connectivity index (χ4v) is 3.03. The SMILES string of the molecule is CCOC(=O)C(N)C(=O)N1CCN(Cc2cccs2)CC1. The highest BCUT2D eigenvalue weighted by atomic mass is 32.1. The van der Waals surface area contributed by atoms with Gasteiger partial charge in [-0.1, -0.05) is 6.07 Å². The largest absolute Gasteiger partial charge is 0.464 e. The molecule has 21 heavy (non-hydrogen) atoms. The van der Waals surface area contributed by atoms with Crippen LogP contribution in [0.3, 0.4) is 0 Å². The van der Waals surface area contributed by atoms with Crippen molar-refractivity contribution in [1.82, 2.24) is 9.80 Å². The molecule has 6 nitrogen and oxygen atoms in total. The molecule has 1 aliphatic heterocycles. The van der Waals surface area contributed by atoms with Crippen LogP contribution in [0.4, 0.5) is 0 Å². The van der Waals surface area contributed by atoms with E-state index in [4.69, 9.17) is 10.5 Å². The smallest absolute Gasteiger partial charge is 0.332 e. The summed E-state index contributed by atoms with van der Waals surface area (Å²) < 4.78 is 4.79. The number of esters is 1. The van der Waals surface area contributed by atoms with E-state index in [1.165, 1.54) is 4.88 Å². The van der Waals surface area contributed by atoms with E-state index in [9.17, 15) is 9.59 Å². The van der Waals surface area contributed by atoms with E-state index in [2.05, 4.69) is 16.3 Å². The molecule has 0 saturated carbocycles. The number of nitrogens with zero attached hydrogens (tertiary/aromatic N) is 2. The number of piperazine rings is 1. The third-order valence-corrected chi connectivity index (χ3v) is 4.31. The molecule has 2 N–H and O–H groups in total. The lowest BCUT2D eigenvalue weighted by molar-refractivity contribution is -0.151. The predicted molar refractivity (Wildman–Crippen MR) is 80.8 cm³/mol. The van der Waals surface area contributed by atoms with Crippen molar-refractivity contribution in [1.29, 1.82) is 0 Å². The number of amides is 1. The quantitative estimate of drug-likeness (QED) is 0.624. The lowest BCUT2D eigenvalue weighted by Crippen LogP contribution is -2.55. The monoisotopic (exact) mass is 311 g/mol. The first-order chi connectivity index (χ1) is 10.1. The first-order valence-corrected chi connectivity index (χ1v) is 7.95. The Hall–Kier alpha value is -1.44. The normalized spacial score (nSPS) is 17.5. The Balaban J connectivity index is 1.80. The van der Waals surface area contributed by atoms with Crippen LogP contribution in [0.2, 0.25) is 0 Å². The van der Waals surface area contributed by atoms with Crippen LogP contribution in [0.1, 0.15) is 11.8 Å². The van der Waals surface area contributed by atoms with E-state index in [0.29, 0.717) is 13.1 Å². The van der Waals surface area contributed by atoms with Gasteiger partial charge in [0.1, 0.15) is 0 Å². The summed E-state index contributed by atoms with van der Waals surface area (Å²) >= 11 is 1.73. The van der Waals surface area contributed by atoms with E-state index in [0.717, 1.165) is 19.6 Å². The van der Waals surface area contributed by atoms with Gasteiger partial charge in [0, 0.05) is 37.6 Å². The van der Waals surface area contributed by atoms with Crippen LogP contribution >= 0.6 is 11.3 Å². The minimum absolute atomic E-state index is 0.231. The maximum Gasteiger partial charge on any atom is 0.332 e. The average molecular weight is 311 g/mol. The van der Waals surface area contributed by atoms with E-state index in [-0.39, 0.29) is 12.5 Å². The van der Waals surface area contributed by atoms with Crippen molar-refractivity contribution in [3.63, 3.8) is 0 Å². The highest BCUT2D eigenvalue weighted by Crippen LogP contribution is 2.13. The Morgan fingerprint density at radius 2 is 2.10 bits per heavy atom. The number of nitrogens with two attached hydrogens (primary N) is 1. The fourth-order valence-electron chi connectivity index (χ4n) is 2.28. The first kappa shape index (κ1) is 15.9. The van der Waals surface area contributed by atoms with Gasteiger partial charge in [0.05, 0.1) is 6.61 Å². The Bertz CT molecular complexity index is 470. The number of ether oxygens (including phenoxy) is 1. The van der Waals surface area contributed by atoms with Crippen LogP contribution in [0.5, 0.6) is 0 Å². The molecule has 1 atom stereocenters. The standard InChI is InChI=1S/C14H21N3O3S/c1-2-20-14(19)12(15)13(18)17-7-5-16(6-8-17)10-11-4-3-9-21-11/h3-4,9,12H,2,5-8,10,15H2,1H3. The van der Waals surface area contributed by atoms with Gasteiger partial charge in [-0.25, -0.2) is 4.79 Å². The molecule has 7 heteroatoms. The predicted octanol–water partition coefficient (Wildman–Crippen LogP) is 0.283. The molecule has 1 fully saturated rings. The van der Waals surface area contributed by atoms with Gasteiger partial charge in [0.2, 0.25) is 0 Å². The minimum atomic E-state index is -1.20. The van der Waals surface area contributed by atoms with Crippen LogP contribution in [0.25, 0.3) is 0 Å². The maximum absolute atomic E-state index is 12.1. The van der Waals surface area contributed by atoms with Crippen molar-refractivity contribution in [3.8, 4) is 0 Å². The summed E-state index contributed by atoms with van der Waals surface area (Å²) in [6, 6.07) is 2.95. The summed E-state index contributed by atoms with van der Waals surface area (Å²) in [4.78, 5) is 28.9. The summed E-state index contributed by atoms with van der Waals surface area (Å²) in [5.41, 5.74) is 5.64. The molecular formula is C14H21N3O3S. The zero-order chi connectivity index (χ0) is 15.2. The van der Waals surface area contributed by atoms with Crippen molar-refractivity contribution < 1.29 is 14.3 Å². The van der Waals surface area contributed by atoms with E-state index < -0.39 is 12.0 Å². The Labute approximate surface area is 128 Å². The van der Waals surface area contributed by atoms with Crippen molar-refractivity contribution in [2.45, 2.75) is 19.5 Å². The molecule has 1 aliphatic rings. The molecule has 2 rings (SSSR count). The van der Waals surface area contributed by atoms with Crippen molar-refractivity contribution in [3.05, 3.63) is 22.4 Å². The summed E-state index contributed by atoms with van der Waals surface area (Å²) in [7, 11) is 0. The van der Waals surface area contributed by atoms with Gasteiger partial charge in [-0.3, -0.25) is 9.69 Å². The van der Waals surface area contributed by atoms with Crippen molar-refractivity contribution in [2.75, 3.05) is 32.8 Å². The van der Waals surface area contributed by atoms with Crippen LogP contribution < -0.4 is 5.73 Å². The number of hydrogen-bond acceptors (Lipinski definition) is 6. The van der Waals surface area contributed by atoms with Crippen LogP contribution in [0.15, 0.2) is 17.5 Å². The van der Waals surface area contributed by atoms with Gasteiger partial charge in [-0.15, -0.1) is 11.3 Å². The lowest BCUT2D eigenvalue weighted by Gasteiger charge is -2.35. The van der Waals surface area contributed by atoms with Gasteiger partial charge >= 0.3 is 5.97 Å². The van der Waals surface area contributed by atoms with Crippen LogP contribution in [0, 0.1) is 0 Å². The first-order valence-electron chi connectivity index (χ1n) is 7.07. The molecule has 1 amide bonds. The Morgan fingerprint density at radius 3 is 2.67 bits per heavy atom. The molecule has 116 valence electrons. The summed E-state index contributed by atoms with van der Waals surface area (Å²) in [5, 5.41) is 2.06. The summed E-state index contributed by atoms with van der Waals surface area (Å²) in [6.07, 6.45) is 0. The molecule has 2 heterocycles. The molecule has 0 aromatic carbocycles. The number of thiophene rings is 1. The number of carbonyl (C=O) groups excluding carboxylic acids is 2. The van der Waals surface area contributed by atoms with Gasteiger partial charge in [-0.05, 0) is 18.4 Å². The zero-order valence-electron chi connectivity index (χ0n) is 12.2. The van der Waals surface area contributed by atoms with E-state index in [1.54, 1.807) is 23.2 Å². The topological polar surface area (TPSA) is 75.9 Å². The third kappa shape index (κ3) is 4.26. The number of carbonyl (C=O) groups is 2. The summed E-state index contributed by atoms with van der Waals surface area (Å²) in [5.74, 6) is -0.993. The zero-order valence-corrected chi connectivity index (χ0v) is 13.0. The van der Waals surface area contributed by atoms with Crippen molar-refractivity contribution in [2.24, 2.45) is 5.73 Å². The van der Waals surface area contributed by atoms with Gasteiger partial charge in [0.15, 0.2) is 6.04 Å². The number of rotatable bonds is 5. The lowest BCUT2D eigenvalue weighted by atomic mass is 10.2. The van der Waals surface area contributed by atoms with Crippen LogP contribution in [-0.2, 0) is 20.9 Å². The highest BCUT2D eigenvalue weighted by Gasteiger charge is 2.30. The Kier molecular flexibility index (Phi) is 5.72. The van der Waals surface area contributed by atoms with E-state index >= 15 is 0 Å². The van der Waals surface area contributed by atoms with Gasteiger partial charge in [0.25, 0.3) is 5.91 Å². The molecule has 1 unspecified atom stereocenters. The molecule has 1 saturated heterocycles. The molecule has 0 radical (unpaired) electrons. The second-order valence-electron chi connectivity index (χ2n) is 4.91. The summed E-state index contributed by atoms with van der Waals surface area (Å²) in [6.45, 7) is 5.60. The molecule has 1 aromatic heterocycles. The molecule has 0 bridgehead atoms. The van der Waals surface area contributed by atoms with Gasteiger partial charge in [-0.2, -0.15) is 0 Å². The minimum Gasteiger partial charge on any atom is -0.464 e. The molecule has 0 spiro atoms. The second kappa shape index (κ2) is 7.53.